The molecule has 70 valence electrons. The summed E-state index contributed by atoms with van der Waals surface area (Å²) in [6, 6.07) is 0. The van der Waals surface area contributed by atoms with Crippen molar-refractivity contribution < 1.29 is 9.53 Å². The van der Waals surface area contributed by atoms with E-state index in [4.69, 9.17) is 16.2 Å². The molecule has 0 aliphatic rings. The average Bonchev–Trinajstić information content (AvgIpc) is 1.85. The highest BCUT2D eigenvalue weighted by molar-refractivity contribution is 5.65. The predicted molar refractivity (Wildman–Crippen MR) is 47.2 cm³/mol. The highest BCUT2D eigenvalue weighted by atomic mass is 16.5. The number of esters is 1. The Morgan fingerprint density at radius 2 is 2.25 bits per heavy atom. The molecule has 0 radical (unpaired) electrons. The minimum Gasteiger partial charge on any atom is -0.466 e. The topological polar surface area (TPSA) is 78.3 Å². The molecule has 0 rings (SSSR count). The maximum Gasteiger partial charge on any atom is 0.302 e. The van der Waals surface area contributed by atoms with Crippen LogP contribution in [0.5, 0.6) is 0 Å². The highest BCUT2D eigenvalue weighted by Crippen LogP contribution is 2.04. The van der Waals surface area contributed by atoms with Crippen molar-refractivity contribution in [2.24, 2.45) is 11.5 Å². The van der Waals surface area contributed by atoms with Gasteiger partial charge in [-0.15, -0.1) is 6.58 Å². The summed E-state index contributed by atoms with van der Waals surface area (Å²) in [6.07, 6.45) is 2.60. The molecule has 0 spiro atoms. The van der Waals surface area contributed by atoms with Gasteiger partial charge in [0.05, 0.1) is 12.3 Å². The monoisotopic (exact) mass is 172 g/mol. The Morgan fingerprint density at radius 1 is 1.67 bits per heavy atom. The van der Waals surface area contributed by atoms with Gasteiger partial charge < -0.3 is 16.2 Å². The smallest absolute Gasteiger partial charge is 0.302 e. The van der Waals surface area contributed by atoms with Crippen LogP contribution in [0.3, 0.4) is 0 Å². The van der Waals surface area contributed by atoms with Gasteiger partial charge in [-0.1, -0.05) is 6.08 Å². The van der Waals surface area contributed by atoms with Crippen LogP contribution < -0.4 is 11.5 Å². The molecule has 4 heteroatoms. The minimum absolute atomic E-state index is 0.260. The fraction of sp³-hybridized carbons (Fsp3) is 0.625. The zero-order valence-electron chi connectivity index (χ0n) is 7.38. The molecule has 4 N–H and O–H groups in total. The van der Waals surface area contributed by atoms with Gasteiger partial charge in [-0.05, 0) is 6.42 Å². The van der Waals surface area contributed by atoms with Crippen LogP contribution in [0, 0.1) is 0 Å². The molecule has 0 aromatic carbocycles. The lowest BCUT2D eigenvalue weighted by Gasteiger charge is -2.22. The summed E-state index contributed by atoms with van der Waals surface area (Å²) in [5.74, 6) is -0.315. The second-order valence-electron chi connectivity index (χ2n) is 2.82. The van der Waals surface area contributed by atoms with Gasteiger partial charge in [-0.25, -0.2) is 0 Å². The fourth-order valence-corrected chi connectivity index (χ4v) is 0.756. The summed E-state index contributed by atoms with van der Waals surface area (Å²) in [5, 5.41) is 0. The van der Waals surface area contributed by atoms with Crippen molar-refractivity contribution in [3.8, 4) is 0 Å². The summed E-state index contributed by atoms with van der Waals surface area (Å²) in [4.78, 5) is 10.4. The van der Waals surface area contributed by atoms with Crippen molar-refractivity contribution in [2.45, 2.75) is 25.4 Å². The van der Waals surface area contributed by atoms with E-state index in [2.05, 4.69) is 6.58 Å². The molecule has 4 nitrogen and oxygen atoms in total. The standard InChI is InChI=1S/C8H16N2O2/c1-3-4-8(9,10)5-6-12-7(2)11/h3H,1,4-6,9-10H2,2H3. The Labute approximate surface area is 72.6 Å². The van der Waals surface area contributed by atoms with Gasteiger partial charge in [0.1, 0.15) is 0 Å². The third-order valence-electron chi connectivity index (χ3n) is 1.40. The van der Waals surface area contributed by atoms with Gasteiger partial charge in [0.15, 0.2) is 0 Å². The van der Waals surface area contributed by atoms with E-state index in [0.29, 0.717) is 12.8 Å². The minimum atomic E-state index is -0.808. The lowest BCUT2D eigenvalue weighted by Crippen LogP contribution is -2.49. The number of carbonyl (C=O) groups is 1. The molecular formula is C8H16N2O2. The van der Waals surface area contributed by atoms with E-state index in [-0.39, 0.29) is 12.6 Å². The van der Waals surface area contributed by atoms with Gasteiger partial charge in [0, 0.05) is 13.3 Å². The Balaban J connectivity index is 3.60. The second-order valence-corrected chi connectivity index (χ2v) is 2.82. The SMILES string of the molecule is C=CCC(N)(N)CCOC(C)=O. The van der Waals surface area contributed by atoms with Crippen LogP contribution in [-0.4, -0.2) is 18.2 Å². The first-order valence-electron chi connectivity index (χ1n) is 3.80. The molecule has 0 saturated carbocycles. The molecular weight excluding hydrogens is 156 g/mol. The van der Waals surface area contributed by atoms with E-state index < -0.39 is 5.66 Å². The van der Waals surface area contributed by atoms with Crippen LogP contribution >= 0.6 is 0 Å². The zero-order chi connectivity index (χ0) is 9.61. The van der Waals surface area contributed by atoms with Crippen LogP contribution in [0.4, 0.5) is 0 Å². The van der Waals surface area contributed by atoms with Crippen LogP contribution in [0.2, 0.25) is 0 Å². The van der Waals surface area contributed by atoms with E-state index in [1.165, 1.54) is 6.92 Å². The molecule has 0 amide bonds. The van der Waals surface area contributed by atoms with Crippen LogP contribution in [0.25, 0.3) is 0 Å². The van der Waals surface area contributed by atoms with Crippen molar-refractivity contribution in [1.29, 1.82) is 0 Å². The molecule has 0 heterocycles. The first-order valence-corrected chi connectivity index (χ1v) is 3.80. The number of ether oxygens (including phenoxy) is 1. The summed E-state index contributed by atoms with van der Waals surface area (Å²) < 4.78 is 4.69. The summed E-state index contributed by atoms with van der Waals surface area (Å²) in [6.45, 7) is 5.13. The summed E-state index contributed by atoms with van der Waals surface area (Å²) in [7, 11) is 0. The third kappa shape index (κ3) is 5.88. The molecule has 0 aromatic heterocycles. The van der Waals surface area contributed by atoms with Crippen molar-refractivity contribution in [3.63, 3.8) is 0 Å². The Morgan fingerprint density at radius 3 is 2.67 bits per heavy atom. The number of hydrogen-bond donors (Lipinski definition) is 2. The lowest BCUT2D eigenvalue weighted by atomic mass is 10.1. The van der Waals surface area contributed by atoms with Crippen molar-refractivity contribution in [3.05, 3.63) is 12.7 Å². The van der Waals surface area contributed by atoms with Crippen LogP contribution in [-0.2, 0) is 9.53 Å². The number of rotatable bonds is 5. The Hall–Kier alpha value is -0.870. The van der Waals surface area contributed by atoms with Crippen molar-refractivity contribution in [2.75, 3.05) is 6.61 Å². The largest absolute Gasteiger partial charge is 0.466 e. The van der Waals surface area contributed by atoms with Gasteiger partial charge in [0.2, 0.25) is 0 Å². The Kier molecular flexibility index (Phi) is 4.54. The van der Waals surface area contributed by atoms with Crippen molar-refractivity contribution in [1.82, 2.24) is 0 Å². The average molecular weight is 172 g/mol. The van der Waals surface area contributed by atoms with Crippen LogP contribution in [0.15, 0.2) is 12.7 Å². The molecule has 0 unspecified atom stereocenters. The maximum atomic E-state index is 10.4. The zero-order valence-corrected chi connectivity index (χ0v) is 7.38. The second kappa shape index (κ2) is 4.90. The fourth-order valence-electron chi connectivity index (χ4n) is 0.756. The van der Waals surface area contributed by atoms with Crippen molar-refractivity contribution >= 4 is 5.97 Å². The van der Waals surface area contributed by atoms with Gasteiger partial charge >= 0.3 is 5.97 Å². The predicted octanol–water partition coefficient (Wildman–Crippen LogP) is 0.129. The molecule has 0 saturated heterocycles. The molecule has 0 aliphatic heterocycles. The van der Waals surface area contributed by atoms with Crippen LogP contribution in [0.1, 0.15) is 19.8 Å². The number of carbonyl (C=O) groups excluding carboxylic acids is 1. The highest BCUT2D eigenvalue weighted by Gasteiger charge is 2.16. The normalized spacial score (nSPS) is 10.9. The molecule has 0 aromatic rings. The van der Waals surface area contributed by atoms with E-state index in [1.54, 1.807) is 6.08 Å². The summed E-state index contributed by atoms with van der Waals surface area (Å²) in [5.41, 5.74) is 10.4. The van der Waals surface area contributed by atoms with E-state index in [1.807, 2.05) is 0 Å². The molecule has 0 atom stereocenters. The van der Waals surface area contributed by atoms with E-state index >= 15 is 0 Å². The van der Waals surface area contributed by atoms with Gasteiger partial charge in [0.25, 0.3) is 0 Å². The quantitative estimate of drug-likeness (QED) is 0.351. The molecule has 0 fully saturated rings. The molecule has 0 bridgehead atoms. The third-order valence-corrected chi connectivity index (χ3v) is 1.40. The number of nitrogens with two attached hydrogens (primary N) is 2. The molecule has 12 heavy (non-hydrogen) atoms. The summed E-state index contributed by atoms with van der Waals surface area (Å²) >= 11 is 0. The van der Waals surface area contributed by atoms with E-state index in [9.17, 15) is 4.79 Å². The van der Waals surface area contributed by atoms with E-state index in [0.717, 1.165) is 0 Å². The maximum absolute atomic E-state index is 10.4. The first-order chi connectivity index (χ1) is 5.48. The lowest BCUT2D eigenvalue weighted by molar-refractivity contribution is -0.141. The van der Waals surface area contributed by atoms with Gasteiger partial charge in [-0.3, -0.25) is 4.79 Å². The first kappa shape index (κ1) is 11.1. The molecule has 0 aliphatic carbocycles. The number of hydrogen-bond acceptors (Lipinski definition) is 4. The van der Waals surface area contributed by atoms with Gasteiger partial charge in [-0.2, -0.15) is 0 Å². The Bertz CT molecular complexity index is 166.